The van der Waals surface area contributed by atoms with E-state index in [1.807, 2.05) is 19.9 Å². The van der Waals surface area contributed by atoms with E-state index in [9.17, 15) is 18.8 Å². The molecule has 35 heavy (non-hydrogen) atoms. The first-order chi connectivity index (χ1) is 16.8. The molecule has 176 valence electrons. The van der Waals surface area contributed by atoms with E-state index in [1.54, 1.807) is 18.2 Å². The Labute approximate surface area is 199 Å². The highest BCUT2D eigenvalue weighted by molar-refractivity contribution is 6.10. The summed E-state index contributed by atoms with van der Waals surface area (Å²) in [6.45, 7) is 3.65. The Hall–Kier alpha value is -4.46. The lowest BCUT2D eigenvalue weighted by molar-refractivity contribution is -0.116. The third-order valence-corrected chi connectivity index (χ3v) is 6.03. The number of aromatic nitrogens is 1. The van der Waals surface area contributed by atoms with Gasteiger partial charge >= 0.3 is 0 Å². The summed E-state index contributed by atoms with van der Waals surface area (Å²) in [5.74, 6) is -0.431. The molecule has 7 nitrogen and oxygen atoms in total. The third-order valence-electron chi connectivity index (χ3n) is 6.03. The van der Waals surface area contributed by atoms with Crippen LogP contribution in [-0.4, -0.2) is 23.1 Å². The molecule has 1 aliphatic heterocycles. The minimum Gasteiger partial charge on any atom is -0.454 e. The number of nitrogens with one attached hydrogen (secondary N) is 1. The largest absolute Gasteiger partial charge is 0.454 e. The maximum atomic E-state index is 13.4. The Morgan fingerprint density at radius 3 is 2.40 bits per heavy atom. The zero-order valence-corrected chi connectivity index (χ0v) is 19.1. The summed E-state index contributed by atoms with van der Waals surface area (Å²) in [4.78, 5) is 39.6. The van der Waals surface area contributed by atoms with Gasteiger partial charge in [0, 0.05) is 23.5 Å². The molecule has 3 aromatic carbocycles. The number of carbonyl (C=O) groups is 2. The lowest BCUT2D eigenvalue weighted by Crippen LogP contribution is -2.24. The van der Waals surface area contributed by atoms with Crippen LogP contribution in [0.1, 0.15) is 27.0 Å². The van der Waals surface area contributed by atoms with Crippen LogP contribution in [0.5, 0.6) is 11.5 Å². The van der Waals surface area contributed by atoms with Crippen molar-refractivity contribution in [3.05, 3.63) is 99.1 Å². The molecule has 1 aromatic heterocycles. The van der Waals surface area contributed by atoms with Gasteiger partial charge in [0.15, 0.2) is 17.3 Å². The standard InChI is InChI=1S/C27H21FN2O5/c1-15-3-4-17(9-16(15)2)26(32)21-12-30(13-25(31)29-19-7-5-18(28)6-8-19)22-11-24-23(34-14-35-24)10-20(22)27(21)33/h3-12H,13-14H2,1-2H3,(H,29,31). The van der Waals surface area contributed by atoms with Gasteiger partial charge in [-0.2, -0.15) is 0 Å². The monoisotopic (exact) mass is 472 g/mol. The van der Waals surface area contributed by atoms with E-state index in [0.717, 1.165) is 11.1 Å². The maximum absolute atomic E-state index is 13.4. The fraction of sp³-hybridized carbons (Fsp3) is 0.148. The normalized spacial score (nSPS) is 12.1. The molecule has 1 amide bonds. The molecule has 0 fully saturated rings. The molecular formula is C27H21FN2O5. The molecule has 0 saturated heterocycles. The SMILES string of the molecule is Cc1ccc(C(=O)c2cn(CC(=O)Nc3ccc(F)cc3)c3cc4c(cc3c2=O)OCO4)cc1C. The summed E-state index contributed by atoms with van der Waals surface area (Å²) in [5, 5.41) is 2.93. The lowest BCUT2D eigenvalue weighted by Gasteiger charge is -2.14. The van der Waals surface area contributed by atoms with Gasteiger partial charge in [0.1, 0.15) is 12.4 Å². The molecular weight excluding hydrogens is 451 g/mol. The Morgan fingerprint density at radius 2 is 1.69 bits per heavy atom. The van der Waals surface area contributed by atoms with Crippen molar-refractivity contribution in [2.75, 3.05) is 12.1 Å². The van der Waals surface area contributed by atoms with Gasteiger partial charge in [0.05, 0.1) is 16.5 Å². The van der Waals surface area contributed by atoms with Crippen molar-refractivity contribution >= 4 is 28.3 Å². The second-order valence-corrected chi connectivity index (χ2v) is 8.41. The molecule has 0 bridgehead atoms. The van der Waals surface area contributed by atoms with Crippen LogP contribution in [-0.2, 0) is 11.3 Å². The van der Waals surface area contributed by atoms with Gasteiger partial charge in [-0.05, 0) is 61.4 Å². The first-order valence-corrected chi connectivity index (χ1v) is 10.9. The summed E-state index contributed by atoms with van der Waals surface area (Å²) in [6.07, 6.45) is 1.40. The van der Waals surface area contributed by atoms with Gasteiger partial charge in [-0.3, -0.25) is 14.4 Å². The van der Waals surface area contributed by atoms with Gasteiger partial charge in [-0.15, -0.1) is 0 Å². The summed E-state index contributed by atoms with van der Waals surface area (Å²) >= 11 is 0. The summed E-state index contributed by atoms with van der Waals surface area (Å²) in [7, 11) is 0. The van der Waals surface area contributed by atoms with Gasteiger partial charge in [0.2, 0.25) is 18.1 Å². The van der Waals surface area contributed by atoms with Crippen molar-refractivity contribution in [1.29, 1.82) is 0 Å². The van der Waals surface area contributed by atoms with Crippen molar-refractivity contribution in [3.63, 3.8) is 0 Å². The van der Waals surface area contributed by atoms with Gasteiger partial charge in [-0.1, -0.05) is 12.1 Å². The summed E-state index contributed by atoms with van der Waals surface area (Å²) in [5.41, 5.74) is 2.66. The van der Waals surface area contributed by atoms with E-state index in [2.05, 4.69) is 5.32 Å². The molecule has 4 aromatic rings. The molecule has 0 radical (unpaired) electrons. The molecule has 5 rings (SSSR count). The Morgan fingerprint density at radius 1 is 0.971 bits per heavy atom. The van der Waals surface area contributed by atoms with Crippen LogP contribution in [0.15, 0.2) is 65.6 Å². The second-order valence-electron chi connectivity index (χ2n) is 8.41. The number of aryl methyl sites for hydroxylation is 2. The van der Waals surface area contributed by atoms with Crippen LogP contribution in [0.25, 0.3) is 10.9 Å². The topological polar surface area (TPSA) is 86.6 Å². The number of benzene rings is 3. The number of pyridine rings is 1. The molecule has 0 aliphatic carbocycles. The van der Waals surface area contributed by atoms with E-state index >= 15 is 0 Å². The van der Waals surface area contributed by atoms with Crippen molar-refractivity contribution < 1.29 is 23.5 Å². The number of ketones is 1. The molecule has 1 N–H and O–H groups in total. The van der Waals surface area contributed by atoms with Crippen molar-refractivity contribution in [2.24, 2.45) is 0 Å². The first-order valence-electron chi connectivity index (χ1n) is 10.9. The number of carbonyl (C=O) groups excluding carboxylic acids is 2. The van der Waals surface area contributed by atoms with Crippen LogP contribution in [0, 0.1) is 19.7 Å². The number of fused-ring (bicyclic) bond motifs is 2. The molecule has 8 heteroatoms. The minimum absolute atomic E-state index is 0.0132. The molecule has 1 aliphatic rings. The molecule has 0 unspecified atom stereocenters. The quantitative estimate of drug-likeness (QED) is 0.437. The average Bonchev–Trinajstić information content (AvgIpc) is 3.30. The van der Waals surface area contributed by atoms with Crippen LogP contribution >= 0.6 is 0 Å². The van der Waals surface area contributed by atoms with Gasteiger partial charge in [0.25, 0.3) is 0 Å². The lowest BCUT2D eigenvalue weighted by atomic mass is 9.98. The van der Waals surface area contributed by atoms with Gasteiger partial charge in [-0.25, -0.2) is 4.39 Å². The zero-order valence-electron chi connectivity index (χ0n) is 19.1. The number of anilines is 1. The number of amides is 1. The van der Waals surface area contributed by atoms with Crippen molar-refractivity contribution in [2.45, 2.75) is 20.4 Å². The third kappa shape index (κ3) is 4.26. The number of rotatable bonds is 5. The van der Waals surface area contributed by atoms with Crippen LogP contribution < -0.4 is 20.2 Å². The highest BCUT2D eigenvalue weighted by Gasteiger charge is 2.22. The summed E-state index contributed by atoms with van der Waals surface area (Å²) < 4.78 is 25.6. The maximum Gasteiger partial charge on any atom is 0.244 e. The Kier molecular flexibility index (Phi) is 5.56. The molecule has 0 spiro atoms. The highest BCUT2D eigenvalue weighted by atomic mass is 19.1. The second kappa shape index (κ2) is 8.72. The number of nitrogens with zero attached hydrogens (tertiary/aromatic N) is 1. The number of hydrogen-bond acceptors (Lipinski definition) is 5. The first kappa shape index (κ1) is 22.3. The van der Waals surface area contributed by atoms with Crippen LogP contribution in [0.2, 0.25) is 0 Å². The number of halogens is 1. The predicted molar refractivity (Wildman–Crippen MR) is 129 cm³/mol. The van der Waals surface area contributed by atoms with E-state index in [0.29, 0.717) is 28.3 Å². The number of ether oxygens (including phenoxy) is 2. The van der Waals surface area contributed by atoms with Gasteiger partial charge < -0.3 is 19.4 Å². The van der Waals surface area contributed by atoms with E-state index in [4.69, 9.17) is 9.47 Å². The smallest absolute Gasteiger partial charge is 0.244 e. The van der Waals surface area contributed by atoms with Crippen LogP contribution in [0.3, 0.4) is 0 Å². The fourth-order valence-corrected chi connectivity index (χ4v) is 4.00. The fourth-order valence-electron chi connectivity index (χ4n) is 4.00. The Bertz CT molecular complexity index is 1560. The molecule has 2 heterocycles. The predicted octanol–water partition coefficient (Wildman–Crippen LogP) is 4.36. The van der Waals surface area contributed by atoms with E-state index in [-0.39, 0.29) is 24.3 Å². The van der Waals surface area contributed by atoms with Crippen LogP contribution in [0.4, 0.5) is 10.1 Å². The molecule has 0 atom stereocenters. The Balaban J connectivity index is 1.59. The zero-order chi connectivity index (χ0) is 24.7. The van der Waals surface area contributed by atoms with Crippen molar-refractivity contribution in [1.82, 2.24) is 4.57 Å². The van der Waals surface area contributed by atoms with E-state index in [1.165, 1.54) is 41.1 Å². The van der Waals surface area contributed by atoms with Crippen molar-refractivity contribution in [3.8, 4) is 11.5 Å². The summed E-state index contributed by atoms with van der Waals surface area (Å²) in [6, 6.07) is 13.8. The highest BCUT2D eigenvalue weighted by Crippen LogP contribution is 2.35. The minimum atomic E-state index is -0.461. The number of hydrogen-bond donors (Lipinski definition) is 1. The molecule has 0 saturated carbocycles. The average molecular weight is 472 g/mol. The van der Waals surface area contributed by atoms with E-state index < -0.39 is 22.9 Å².